The molecular formula is C15H17F3N4. The number of alkyl halides is 3. The molecule has 0 atom stereocenters. The van der Waals surface area contributed by atoms with E-state index in [-0.39, 0.29) is 12.0 Å². The van der Waals surface area contributed by atoms with Gasteiger partial charge in [-0.15, -0.1) is 0 Å². The lowest BCUT2D eigenvalue weighted by molar-refractivity contribution is -0.137. The summed E-state index contributed by atoms with van der Waals surface area (Å²) in [5, 5.41) is 0. The predicted molar refractivity (Wildman–Crippen MR) is 79.9 cm³/mol. The van der Waals surface area contributed by atoms with Crippen molar-refractivity contribution in [3.05, 3.63) is 41.6 Å². The molecule has 118 valence electrons. The average molecular weight is 310 g/mol. The van der Waals surface area contributed by atoms with Crippen molar-refractivity contribution in [1.82, 2.24) is 9.97 Å². The molecule has 0 saturated heterocycles. The number of halogens is 3. The van der Waals surface area contributed by atoms with Gasteiger partial charge in [-0.1, -0.05) is 0 Å². The minimum Gasteiger partial charge on any atom is -0.368 e. The van der Waals surface area contributed by atoms with Gasteiger partial charge in [0.15, 0.2) is 0 Å². The van der Waals surface area contributed by atoms with Crippen LogP contribution >= 0.6 is 0 Å². The van der Waals surface area contributed by atoms with Crippen LogP contribution in [0.15, 0.2) is 30.5 Å². The van der Waals surface area contributed by atoms with Crippen molar-refractivity contribution in [3.8, 4) is 0 Å². The molecule has 0 aliphatic heterocycles. The molecule has 22 heavy (non-hydrogen) atoms. The number of hydrogen-bond acceptors (Lipinski definition) is 4. The number of anilines is 3. The van der Waals surface area contributed by atoms with Crippen LogP contribution in [0.2, 0.25) is 0 Å². The van der Waals surface area contributed by atoms with Crippen molar-refractivity contribution in [2.45, 2.75) is 33.0 Å². The van der Waals surface area contributed by atoms with Gasteiger partial charge in [-0.2, -0.15) is 18.2 Å². The largest absolute Gasteiger partial charge is 0.416 e. The van der Waals surface area contributed by atoms with Crippen molar-refractivity contribution < 1.29 is 13.2 Å². The van der Waals surface area contributed by atoms with Crippen LogP contribution in [-0.4, -0.2) is 16.0 Å². The highest BCUT2D eigenvalue weighted by atomic mass is 19.4. The zero-order valence-corrected chi connectivity index (χ0v) is 12.5. The van der Waals surface area contributed by atoms with Crippen LogP contribution in [0.25, 0.3) is 0 Å². The van der Waals surface area contributed by atoms with E-state index >= 15 is 0 Å². The third-order valence-corrected chi connectivity index (χ3v) is 3.21. The number of nitrogen functional groups attached to an aromatic ring is 1. The maximum Gasteiger partial charge on any atom is 0.416 e. The second-order valence-corrected chi connectivity index (χ2v) is 5.24. The number of nitrogens with zero attached hydrogens (tertiary/aromatic N) is 3. The zero-order chi connectivity index (χ0) is 16.5. The molecule has 0 aliphatic rings. The third-order valence-electron chi connectivity index (χ3n) is 3.21. The molecule has 0 spiro atoms. The molecule has 0 saturated carbocycles. The van der Waals surface area contributed by atoms with Crippen molar-refractivity contribution >= 4 is 17.5 Å². The molecule has 0 unspecified atom stereocenters. The van der Waals surface area contributed by atoms with Gasteiger partial charge in [-0.25, -0.2) is 4.98 Å². The van der Waals surface area contributed by atoms with Crippen LogP contribution in [0.4, 0.5) is 30.6 Å². The van der Waals surface area contributed by atoms with Crippen LogP contribution in [0.3, 0.4) is 0 Å². The normalized spacial score (nSPS) is 11.8. The molecule has 1 aromatic carbocycles. The summed E-state index contributed by atoms with van der Waals surface area (Å²) in [5.74, 6) is 0.665. The predicted octanol–water partition coefficient (Wildman–Crippen LogP) is 3.93. The summed E-state index contributed by atoms with van der Waals surface area (Å²) in [6.45, 7) is 5.50. The van der Waals surface area contributed by atoms with Crippen molar-refractivity contribution in [3.63, 3.8) is 0 Å². The summed E-state index contributed by atoms with van der Waals surface area (Å²) >= 11 is 0. The first-order chi connectivity index (χ1) is 10.2. The monoisotopic (exact) mass is 310 g/mol. The Labute approximate surface area is 126 Å². The SMILES string of the molecule is Cc1cc(C(F)(F)F)ccc1N(c1ccnc(N)n1)C(C)C. The van der Waals surface area contributed by atoms with E-state index in [1.54, 1.807) is 13.0 Å². The van der Waals surface area contributed by atoms with Crippen LogP contribution in [0, 0.1) is 6.92 Å². The molecule has 0 bridgehead atoms. The molecule has 7 heteroatoms. The van der Waals surface area contributed by atoms with Crippen LogP contribution in [-0.2, 0) is 6.18 Å². The van der Waals surface area contributed by atoms with Crippen LogP contribution < -0.4 is 10.6 Å². The van der Waals surface area contributed by atoms with Crippen molar-refractivity contribution in [2.24, 2.45) is 0 Å². The van der Waals surface area contributed by atoms with E-state index in [1.165, 1.54) is 12.3 Å². The Morgan fingerprint density at radius 2 is 1.86 bits per heavy atom. The Bertz CT molecular complexity index is 668. The number of benzene rings is 1. The minimum atomic E-state index is -4.36. The highest BCUT2D eigenvalue weighted by Gasteiger charge is 2.31. The van der Waals surface area contributed by atoms with Gasteiger partial charge < -0.3 is 10.6 Å². The summed E-state index contributed by atoms with van der Waals surface area (Å²) in [6.07, 6.45) is -2.84. The van der Waals surface area contributed by atoms with E-state index in [4.69, 9.17) is 5.73 Å². The first kappa shape index (κ1) is 16.1. The number of rotatable bonds is 3. The van der Waals surface area contributed by atoms with E-state index in [9.17, 15) is 13.2 Å². The summed E-state index contributed by atoms with van der Waals surface area (Å²) in [7, 11) is 0. The molecular weight excluding hydrogens is 293 g/mol. The number of aryl methyl sites for hydroxylation is 1. The van der Waals surface area contributed by atoms with Crippen molar-refractivity contribution in [1.29, 1.82) is 0 Å². The Kier molecular flexibility index (Phi) is 4.25. The van der Waals surface area contributed by atoms with Gasteiger partial charge >= 0.3 is 6.18 Å². The van der Waals surface area contributed by atoms with Crippen molar-refractivity contribution in [2.75, 3.05) is 10.6 Å². The van der Waals surface area contributed by atoms with Gasteiger partial charge in [0, 0.05) is 17.9 Å². The lowest BCUT2D eigenvalue weighted by Crippen LogP contribution is -2.27. The molecule has 4 nitrogen and oxygen atoms in total. The van der Waals surface area contributed by atoms with Gasteiger partial charge in [0.1, 0.15) is 5.82 Å². The summed E-state index contributed by atoms with van der Waals surface area (Å²) in [5.41, 5.74) is 6.10. The second-order valence-electron chi connectivity index (χ2n) is 5.24. The van der Waals surface area contributed by atoms with Gasteiger partial charge in [0.05, 0.1) is 5.56 Å². The fourth-order valence-corrected chi connectivity index (χ4v) is 2.27. The van der Waals surface area contributed by atoms with Gasteiger partial charge in [0.25, 0.3) is 0 Å². The van der Waals surface area contributed by atoms with E-state index in [0.717, 1.165) is 12.1 Å². The summed E-state index contributed by atoms with van der Waals surface area (Å²) in [4.78, 5) is 9.82. The first-order valence-electron chi connectivity index (χ1n) is 6.75. The minimum absolute atomic E-state index is 0.00950. The lowest BCUT2D eigenvalue weighted by atomic mass is 10.1. The Hall–Kier alpha value is -2.31. The molecule has 0 radical (unpaired) electrons. The molecule has 0 fully saturated rings. The van der Waals surface area contributed by atoms with Gasteiger partial charge in [-0.05, 0) is 50.6 Å². The number of nitrogens with two attached hydrogens (primary N) is 1. The molecule has 0 amide bonds. The molecule has 0 aliphatic carbocycles. The molecule has 2 aromatic rings. The molecule has 2 N–H and O–H groups in total. The highest BCUT2D eigenvalue weighted by Crippen LogP contribution is 2.35. The smallest absolute Gasteiger partial charge is 0.368 e. The first-order valence-corrected chi connectivity index (χ1v) is 6.75. The van der Waals surface area contributed by atoms with E-state index in [0.29, 0.717) is 17.1 Å². The maximum atomic E-state index is 12.8. The van der Waals surface area contributed by atoms with E-state index < -0.39 is 11.7 Å². The quantitative estimate of drug-likeness (QED) is 0.933. The molecule has 1 heterocycles. The van der Waals surface area contributed by atoms with Crippen LogP contribution in [0.5, 0.6) is 0 Å². The Morgan fingerprint density at radius 1 is 1.18 bits per heavy atom. The fraction of sp³-hybridized carbons (Fsp3) is 0.333. The zero-order valence-electron chi connectivity index (χ0n) is 12.5. The maximum absolute atomic E-state index is 12.8. The Balaban J connectivity index is 2.50. The Morgan fingerprint density at radius 3 is 2.36 bits per heavy atom. The standard InChI is InChI=1S/C15H17F3N4/c1-9(2)22(13-6-7-20-14(19)21-13)12-5-4-11(8-10(12)3)15(16,17)18/h4-9H,1-3H3,(H2,19,20,21). The average Bonchev–Trinajstić information content (AvgIpc) is 2.39. The number of hydrogen-bond donors (Lipinski definition) is 1. The second kappa shape index (κ2) is 5.82. The highest BCUT2D eigenvalue weighted by molar-refractivity contribution is 5.65. The lowest BCUT2D eigenvalue weighted by Gasteiger charge is -2.29. The van der Waals surface area contributed by atoms with Gasteiger partial charge in [-0.3, -0.25) is 0 Å². The van der Waals surface area contributed by atoms with E-state index in [2.05, 4.69) is 9.97 Å². The third kappa shape index (κ3) is 3.29. The fourth-order valence-electron chi connectivity index (χ4n) is 2.27. The van der Waals surface area contributed by atoms with E-state index in [1.807, 2.05) is 18.7 Å². The molecule has 2 rings (SSSR count). The number of aromatic nitrogens is 2. The van der Waals surface area contributed by atoms with Gasteiger partial charge in [0.2, 0.25) is 5.95 Å². The molecule has 1 aromatic heterocycles. The summed E-state index contributed by atoms with van der Waals surface area (Å²) in [6, 6.07) is 5.33. The summed E-state index contributed by atoms with van der Waals surface area (Å²) < 4.78 is 38.4. The topological polar surface area (TPSA) is 55.0 Å². The van der Waals surface area contributed by atoms with Crippen LogP contribution in [0.1, 0.15) is 25.0 Å².